The highest BCUT2D eigenvalue weighted by molar-refractivity contribution is 14.0. The predicted octanol–water partition coefficient (Wildman–Crippen LogP) is 1.58. The van der Waals surface area contributed by atoms with E-state index in [-0.39, 0.29) is 24.0 Å². The second-order valence-corrected chi connectivity index (χ2v) is 2.84. The lowest BCUT2D eigenvalue weighted by Crippen LogP contribution is -2.31. The van der Waals surface area contributed by atoms with Crippen LogP contribution in [-0.2, 0) is 4.79 Å². The summed E-state index contributed by atoms with van der Waals surface area (Å²) in [6.45, 7) is 4.00. The molecule has 1 N–H and O–H groups in total. The second-order valence-electron chi connectivity index (χ2n) is 2.84. The van der Waals surface area contributed by atoms with Gasteiger partial charge in [-0.15, -0.1) is 24.0 Å². The Hall–Kier alpha value is 0.360. The van der Waals surface area contributed by atoms with Gasteiger partial charge in [0.2, 0.25) is 0 Å². The van der Waals surface area contributed by atoms with Gasteiger partial charge in [-0.3, -0.25) is 4.79 Å². The molecule has 1 fully saturated rings. The van der Waals surface area contributed by atoms with Crippen molar-refractivity contribution in [2.75, 3.05) is 13.1 Å². The lowest BCUT2D eigenvalue weighted by atomic mass is 9.92. The van der Waals surface area contributed by atoms with Gasteiger partial charge in [-0.1, -0.05) is 6.92 Å². The van der Waals surface area contributed by atoms with E-state index in [2.05, 4.69) is 5.32 Å². The maximum atomic E-state index is 11.1. The van der Waals surface area contributed by atoms with Crippen molar-refractivity contribution in [2.24, 2.45) is 5.92 Å². The SMILES string of the molecule is CCC(=O)C1CCNCC1.I. The fourth-order valence-electron chi connectivity index (χ4n) is 1.43. The molecule has 1 rings (SSSR count). The first-order valence-corrected chi connectivity index (χ1v) is 4.08. The van der Waals surface area contributed by atoms with E-state index in [0.717, 1.165) is 25.9 Å². The third kappa shape index (κ3) is 3.51. The van der Waals surface area contributed by atoms with Crippen molar-refractivity contribution in [3.63, 3.8) is 0 Å². The minimum atomic E-state index is 0. The molecule has 1 aliphatic heterocycles. The third-order valence-electron chi connectivity index (χ3n) is 2.14. The summed E-state index contributed by atoms with van der Waals surface area (Å²) in [5, 5.41) is 3.24. The van der Waals surface area contributed by atoms with Gasteiger partial charge < -0.3 is 5.32 Å². The van der Waals surface area contributed by atoms with E-state index in [1.807, 2.05) is 6.92 Å². The van der Waals surface area contributed by atoms with E-state index in [1.165, 1.54) is 0 Å². The van der Waals surface area contributed by atoms with Gasteiger partial charge in [-0.2, -0.15) is 0 Å². The normalized spacial score (nSPS) is 19.0. The van der Waals surface area contributed by atoms with Gasteiger partial charge in [0.1, 0.15) is 5.78 Å². The zero-order chi connectivity index (χ0) is 7.40. The summed E-state index contributed by atoms with van der Waals surface area (Å²) in [6, 6.07) is 0. The van der Waals surface area contributed by atoms with Gasteiger partial charge in [0.15, 0.2) is 0 Å². The maximum Gasteiger partial charge on any atom is 0.135 e. The number of hydrogen-bond acceptors (Lipinski definition) is 2. The number of carbonyl (C=O) groups excluding carboxylic acids is 1. The van der Waals surface area contributed by atoms with E-state index in [1.54, 1.807) is 0 Å². The first-order chi connectivity index (χ1) is 4.84. The third-order valence-corrected chi connectivity index (χ3v) is 2.14. The van der Waals surface area contributed by atoms with Crippen molar-refractivity contribution >= 4 is 29.8 Å². The Morgan fingerprint density at radius 1 is 1.45 bits per heavy atom. The van der Waals surface area contributed by atoms with Crippen molar-refractivity contribution in [3.05, 3.63) is 0 Å². The van der Waals surface area contributed by atoms with E-state index < -0.39 is 0 Å². The Morgan fingerprint density at radius 3 is 2.45 bits per heavy atom. The van der Waals surface area contributed by atoms with Crippen LogP contribution in [0.25, 0.3) is 0 Å². The maximum absolute atomic E-state index is 11.1. The summed E-state index contributed by atoms with van der Waals surface area (Å²) in [5.41, 5.74) is 0. The number of halogens is 1. The molecule has 2 nitrogen and oxygen atoms in total. The van der Waals surface area contributed by atoms with Gasteiger partial charge in [0, 0.05) is 12.3 Å². The Morgan fingerprint density at radius 2 is 2.00 bits per heavy atom. The zero-order valence-electron chi connectivity index (χ0n) is 6.93. The number of piperidine rings is 1. The molecule has 0 aliphatic carbocycles. The van der Waals surface area contributed by atoms with E-state index in [9.17, 15) is 4.79 Å². The summed E-state index contributed by atoms with van der Waals surface area (Å²) in [6.07, 6.45) is 2.81. The fraction of sp³-hybridized carbons (Fsp3) is 0.875. The van der Waals surface area contributed by atoms with Crippen molar-refractivity contribution in [1.29, 1.82) is 0 Å². The molecular formula is C8H16INO. The zero-order valence-corrected chi connectivity index (χ0v) is 9.26. The van der Waals surface area contributed by atoms with Crippen LogP contribution in [0.2, 0.25) is 0 Å². The number of carbonyl (C=O) groups is 1. The minimum absolute atomic E-state index is 0. The Balaban J connectivity index is 0.000001000. The first kappa shape index (κ1) is 11.4. The number of hydrogen-bond donors (Lipinski definition) is 1. The summed E-state index contributed by atoms with van der Waals surface area (Å²) in [4.78, 5) is 11.1. The van der Waals surface area contributed by atoms with Crippen LogP contribution in [0.15, 0.2) is 0 Å². The van der Waals surface area contributed by atoms with E-state index >= 15 is 0 Å². The van der Waals surface area contributed by atoms with Crippen molar-refractivity contribution < 1.29 is 4.79 Å². The van der Waals surface area contributed by atoms with Crippen molar-refractivity contribution in [1.82, 2.24) is 5.32 Å². The standard InChI is InChI=1S/C8H15NO.HI/c1-2-8(10)7-3-5-9-6-4-7;/h7,9H,2-6H2,1H3;1H. The molecule has 0 spiro atoms. The Labute approximate surface area is 85.1 Å². The molecule has 66 valence electrons. The molecule has 0 amide bonds. The van der Waals surface area contributed by atoms with E-state index in [0.29, 0.717) is 18.1 Å². The van der Waals surface area contributed by atoms with Crippen molar-refractivity contribution in [3.8, 4) is 0 Å². The molecule has 1 heterocycles. The van der Waals surface area contributed by atoms with Gasteiger partial charge in [0.05, 0.1) is 0 Å². The smallest absolute Gasteiger partial charge is 0.135 e. The van der Waals surface area contributed by atoms with Crippen LogP contribution in [0.5, 0.6) is 0 Å². The lowest BCUT2D eigenvalue weighted by molar-refractivity contribution is -0.123. The quantitative estimate of drug-likeness (QED) is 0.771. The summed E-state index contributed by atoms with van der Waals surface area (Å²) < 4.78 is 0. The Bertz CT molecular complexity index is 121. The van der Waals surface area contributed by atoms with Crippen LogP contribution in [0.3, 0.4) is 0 Å². The summed E-state index contributed by atoms with van der Waals surface area (Å²) in [7, 11) is 0. The number of nitrogens with one attached hydrogen (secondary N) is 1. The monoisotopic (exact) mass is 269 g/mol. The molecule has 0 saturated carbocycles. The highest BCUT2D eigenvalue weighted by atomic mass is 127. The fourth-order valence-corrected chi connectivity index (χ4v) is 1.43. The summed E-state index contributed by atoms with van der Waals surface area (Å²) in [5.74, 6) is 0.813. The topological polar surface area (TPSA) is 29.1 Å². The van der Waals surface area contributed by atoms with Crippen molar-refractivity contribution in [2.45, 2.75) is 26.2 Å². The van der Waals surface area contributed by atoms with Crippen LogP contribution < -0.4 is 5.32 Å². The highest BCUT2D eigenvalue weighted by Crippen LogP contribution is 2.13. The highest BCUT2D eigenvalue weighted by Gasteiger charge is 2.18. The van der Waals surface area contributed by atoms with Gasteiger partial charge in [0.25, 0.3) is 0 Å². The molecule has 0 radical (unpaired) electrons. The van der Waals surface area contributed by atoms with Gasteiger partial charge >= 0.3 is 0 Å². The number of ketones is 1. The number of rotatable bonds is 2. The van der Waals surface area contributed by atoms with Crippen LogP contribution in [-0.4, -0.2) is 18.9 Å². The average Bonchev–Trinajstić information content (AvgIpc) is 2.05. The average molecular weight is 269 g/mol. The molecule has 1 saturated heterocycles. The summed E-state index contributed by atoms with van der Waals surface area (Å²) >= 11 is 0. The molecule has 11 heavy (non-hydrogen) atoms. The van der Waals surface area contributed by atoms with Crippen LogP contribution in [0.1, 0.15) is 26.2 Å². The van der Waals surface area contributed by atoms with Crippen LogP contribution in [0.4, 0.5) is 0 Å². The molecule has 0 aromatic rings. The molecule has 3 heteroatoms. The number of Topliss-reactive ketones (excluding diaryl/α,β-unsaturated/α-hetero) is 1. The molecule has 1 aliphatic rings. The van der Waals surface area contributed by atoms with Crippen LogP contribution >= 0.6 is 24.0 Å². The molecule has 0 atom stereocenters. The van der Waals surface area contributed by atoms with Gasteiger partial charge in [-0.25, -0.2) is 0 Å². The largest absolute Gasteiger partial charge is 0.317 e. The second kappa shape index (κ2) is 5.94. The molecule has 0 unspecified atom stereocenters. The predicted molar refractivity (Wildman–Crippen MR) is 56.3 cm³/mol. The van der Waals surface area contributed by atoms with Crippen LogP contribution in [0, 0.1) is 5.92 Å². The molecular weight excluding hydrogens is 253 g/mol. The first-order valence-electron chi connectivity index (χ1n) is 4.08. The van der Waals surface area contributed by atoms with Gasteiger partial charge in [-0.05, 0) is 25.9 Å². The Kier molecular flexibility index (Phi) is 6.14. The molecule has 0 aromatic heterocycles. The lowest BCUT2D eigenvalue weighted by Gasteiger charge is -2.20. The molecule has 0 bridgehead atoms. The van der Waals surface area contributed by atoms with E-state index in [4.69, 9.17) is 0 Å². The molecule has 0 aromatic carbocycles. The minimum Gasteiger partial charge on any atom is -0.317 e.